The Morgan fingerprint density at radius 3 is 2.16 bits per heavy atom. The number of nitrogens with one attached hydrogen (secondary N) is 1. The minimum atomic E-state index is -0.932. The molecule has 0 fully saturated rings. The summed E-state index contributed by atoms with van der Waals surface area (Å²) in [5.41, 5.74) is 6.81. The van der Waals surface area contributed by atoms with Crippen molar-refractivity contribution in [3.63, 3.8) is 0 Å². The summed E-state index contributed by atoms with van der Waals surface area (Å²) in [6.07, 6.45) is 1.78. The van der Waals surface area contributed by atoms with Gasteiger partial charge in [0.2, 0.25) is 0 Å². The summed E-state index contributed by atoms with van der Waals surface area (Å²) in [5, 5.41) is 0.513. The molecule has 0 spiro atoms. The van der Waals surface area contributed by atoms with Gasteiger partial charge in [-0.1, -0.05) is 41.5 Å². The molecule has 1 aromatic heterocycles. The van der Waals surface area contributed by atoms with Gasteiger partial charge in [-0.15, -0.1) is 0 Å². The predicted molar refractivity (Wildman–Crippen MR) is 101 cm³/mol. The molecule has 6 heteroatoms. The summed E-state index contributed by atoms with van der Waals surface area (Å²) >= 11 is 0. The normalized spacial score (nSPS) is 10.3. The van der Waals surface area contributed by atoms with Gasteiger partial charge in [0.25, 0.3) is 0 Å². The number of hydrogen-bond acceptors (Lipinski definition) is 3. The SMILES string of the molecule is CC.CC.CC.CCOC(=O)C(N)Cc1c[nH]c2cc(F)c(F)cc12. The number of ether oxygens (including phenoxy) is 1. The van der Waals surface area contributed by atoms with E-state index in [0.717, 1.165) is 12.1 Å². The number of esters is 1. The summed E-state index contributed by atoms with van der Waals surface area (Å²) < 4.78 is 31.1. The Kier molecular flexibility index (Phi) is 14.6. The number of fused-ring (bicyclic) bond motifs is 1. The summed E-state index contributed by atoms with van der Waals surface area (Å²) in [5.74, 6) is -2.37. The van der Waals surface area contributed by atoms with E-state index in [9.17, 15) is 13.6 Å². The number of aromatic amines is 1. The minimum Gasteiger partial charge on any atom is -0.465 e. The second-order valence-electron chi connectivity index (χ2n) is 4.19. The van der Waals surface area contributed by atoms with Crippen LogP contribution in [0.3, 0.4) is 0 Å². The molecule has 1 unspecified atom stereocenters. The van der Waals surface area contributed by atoms with Crippen LogP contribution < -0.4 is 5.73 Å². The molecule has 1 atom stereocenters. The Labute approximate surface area is 149 Å². The van der Waals surface area contributed by atoms with Crippen LogP contribution in [0.25, 0.3) is 10.9 Å². The summed E-state index contributed by atoms with van der Waals surface area (Å²) in [6, 6.07) is 1.34. The smallest absolute Gasteiger partial charge is 0.323 e. The molecule has 4 nitrogen and oxygen atoms in total. The van der Waals surface area contributed by atoms with Crippen LogP contribution in [0.5, 0.6) is 0 Å². The highest BCUT2D eigenvalue weighted by atomic mass is 19.2. The first-order chi connectivity index (χ1) is 12.0. The third kappa shape index (κ3) is 7.65. The molecule has 0 bridgehead atoms. The van der Waals surface area contributed by atoms with Crippen molar-refractivity contribution in [1.82, 2.24) is 4.98 Å². The average molecular weight is 358 g/mol. The Morgan fingerprint density at radius 2 is 1.64 bits per heavy atom. The van der Waals surface area contributed by atoms with Crippen LogP contribution in [-0.2, 0) is 16.0 Å². The molecule has 2 rings (SSSR count). The zero-order valence-corrected chi connectivity index (χ0v) is 16.4. The van der Waals surface area contributed by atoms with Gasteiger partial charge in [0, 0.05) is 29.6 Å². The molecular formula is C19H32F2N2O2. The molecule has 0 radical (unpaired) electrons. The van der Waals surface area contributed by atoms with Crippen molar-refractivity contribution in [2.75, 3.05) is 6.61 Å². The lowest BCUT2D eigenvalue weighted by Crippen LogP contribution is -2.34. The van der Waals surface area contributed by atoms with Gasteiger partial charge in [0.05, 0.1) is 6.61 Å². The van der Waals surface area contributed by atoms with Gasteiger partial charge in [-0.3, -0.25) is 4.79 Å². The Balaban J connectivity index is 0. The average Bonchev–Trinajstić information content (AvgIpc) is 3.02. The maximum atomic E-state index is 13.2. The number of H-pyrrole nitrogens is 1. The maximum Gasteiger partial charge on any atom is 0.323 e. The standard InChI is InChI=1S/C13H14F2N2O2.3C2H6/c1-2-19-13(18)11(16)3-7-6-17-12-5-10(15)9(14)4-8(7)12;3*1-2/h4-6,11,17H,2-3,16H2,1H3;3*1-2H3. The van der Waals surface area contributed by atoms with Crippen LogP contribution in [-0.4, -0.2) is 23.6 Å². The molecular weight excluding hydrogens is 326 g/mol. The maximum absolute atomic E-state index is 13.2. The number of aromatic nitrogens is 1. The zero-order valence-electron chi connectivity index (χ0n) is 16.4. The fourth-order valence-corrected chi connectivity index (χ4v) is 1.91. The second-order valence-corrected chi connectivity index (χ2v) is 4.19. The van der Waals surface area contributed by atoms with Crippen molar-refractivity contribution < 1.29 is 18.3 Å². The molecule has 25 heavy (non-hydrogen) atoms. The van der Waals surface area contributed by atoms with Crippen molar-refractivity contribution >= 4 is 16.9 Å². The summed E-state index contributed by atoms with van der Waals surface area (Å²) in [7, 11) is 0. The van der Waals surface area contributed by atoms with Crippen molar-refractivity contribution in [1.29, 1.82) is 0 Å². The van der Waals surface area contributed by atoms with E-state index in [2.05, 4.69) is 4.98 Å². The Morgan fingerprint density at radius 1 is 1.12 bits per heavy atom. The highest BCUT2D eigenvalue weighted by Crippen LogP contribution is 2.22. The van der Waals surface area contributed by atoms with Crippen LogP contribution >= 0.6 is 0 Å². The summed E-state index contributed by atoms with van der Waals surface area (Å²) in [6.45, 7) is 13.9. The van der Waals surface area contributed by atoms with Gasteiger partial charge in [-0.05, 0) is 18.6 Å². The molecule has 1 aromatic carbocycles. The van der Waals surface area contributed by atoms with Gasteiger partial charge >= 0.3 is 5.97 Å². The number of carbonyl (C=O) groups excluding carboxylic acids is 1. The van der Waals surface area contributed by atoms with Gasteiger partial charge in [0.15, 0.2) is 11.6 Å². The molecule has 3 N–H and O–H groups in total. The molecule has 0 amide bonds. The first-order valence-corrected chi connectivity index (χ1v) is 8.90. The van der Waals surface area contributed by atoms with E-state index >= 15 is 0 Å². The quantitative estimate of drug-likeness (QED) is 0.759. The first-order valence-electron chi connectivity index (χ1n) is 8.90. The van der Waals surface area contributed by atoms with E-state index < -0.39 is 23.6 Å². The molecule has 0 aliphatic carbocycles. The lowest BCUT2D eigenvalue weighted by Gasteiger charge is -2.09. The van der Waals surface area contributed by atoms with Crippen LogP contribution in [0, 0.1) is 11.6 Å². The van der Waals surface area contributed by atoms with Gasteiger partial charge in [-0.2, -0.15) is 0 Å². The van der Waals surface area contributed by atoms with E-state index in [1.807, 2.05) is 41.5 Å². The van der Waals surface area contributed by atoms with Crippen molar-refractivity contribution in [3.8, 4) is 0 Å². The number of benzene rings is 1. The number of nitrogens with two attached hydrogens (primary N) is 1. The molecule has 2 aromatic rings. The fraction of sp³-hybridized carbons (Fsp3) is 0.526. The molecule has 0 aliphatic heterocycles. The van der Waals surface area contributed by atoms with Crippen LogP contribution in [0.1, 0.15) is 54.0 Å². The van der Waals surface area contributed by atoms with Gasteiger partial charge < -0.3 is 15.5 Å². The van der Waals surface area contributed by atoms with Gasteiger partial charge in [0.1, 0.15) is 6.04 Å². The zero-order chi connectivity index (χ0) is 20.0. The van der Waals surface area contributed by atoms with Crippen LogP contribution in [0.15, 0.2) is 18.3 Å². The second kappa shape index (κ2) is 14.4. The highest BCUT2D eigenvalue weighted by molar-refractivity contribution is 5.84. The van der Waals surface area contributed by atoms with Crippen LogP contribution in [0.4, 0.5) is 8.78 Å². The minimum absolute atomic E-state index is 0.198. The van der Waals surface area contributed by atoms with Crippen molar-refractivity contribution in [2.45, 2.75) is 60.9 Å². The highest BCUT2D eigenvalue weighted by Gasteiger charge is 2.18. The monoisotopic (exact) mass is 358 g/mol. The molecule has 1 heterocycles. The van der Waals surface area contributed by atoms with Crippen molar-refractivity contribution in [2.24, 2.45) is 5.73 Å². The topological polar surface area (TPSA) is 68.1 Å². The lowest BCUT2D eigenvalue weighted by molar-refractivity contribution is -0.144. The molecule has 0 saturated heterocycles. The van der Waals surface area contributed by atoms with E-state index in [-0.39, 0.29) is 13.0 Å². The summed E-state index contributed by atoms with van der Waals surface area (Å²) in [4.78, 5) is 14.3. The number of rotatable bonds is 4. The number of carbonyl (C=O) groups is 1. The molecule has 0 aliphatic rings. The van der Waals surface area contributed by atoms with E-state index in [1.165, 1.54) is 0 Å². The van der Waals surface area contributed by atoms with E-state index in [0.29, 0.717) is 16.5 Å². The molecule has 0 saturated carbocycles. The fourth-order valence-electron chi connectivity index (χ4n) is 1.91. The third-order valence-corrected chi connectivity index (χ3v) is 2.84. The van der Waals surface area contributed by atoms with E-state index in [1.54, 1.807) is 13.1 Å². The van der Waals surface area contributed by atoms with E-state index in [4.69, 9.17) is 10.5 Å². The van der Waals surface area contributed by atoms with Gasteiger partial charge in [-0.25, -0.2) is 8.78 Å². The lowest BCUT2D eigenvalue weighted by atomic mass is 10.1. The van der Waals surface area contributed by atoms with Crippen molar-refractivity contribution in [3.05, 3.63) is 35.5 Å². The Hall–Kier alpha value is -1.95. The number of hydrogen-bond donors (Lipinski definition) is 2. The van der Waals surface area contributed by atoms with Crippen LogP contribution in [0.2, 0.25) is 0 Å². The molecule has 144 valence electrons. The first kappa shape index (κ1) is 25.3. The Bertz CT molecular complexity index is 613. The number of halogens is 2. The third-order valence-electron chi connectivity index (χ3n) is 2.84. The predicted octanol–water partition coefficient (Wildman–Crippen LogP) is 4.96. The largest absolute Gasteiger partial charge is 0.465 e.